The second-order valence-electron chi connectivity index (χ2n) is 8.72. The Kier molecular flexibility index (Phi) is 7.40. The number of fused-ring (bicyclic) bond motifs is 1. The Labute approximate surface area is 213 Å². The van der Waals surface area contributed by atoms with E-state index in [9.17, 15) is 9.59 Å². The number of aromatic amines is 1. The molecule has 3 aromatic heterocycles. The lowest BCUT2D eigenvalue weighted by molar-refractivity contribution is -0.135. The maximum absolute atomic E-state index is 14.0. The zero-order valence-electron chi connectivity index (χ0n) is 19.7. The van der Waals surface area contributed by atoms with Crippen molar-refractivity contribution in [2.24, 2.45) is 0 Å². The first-order valence-corrected chi connectivity index (χ1v) is 12.7. The van der Waals surface area contributed by atoms with Crippen LogP contribution in [-0.4, -0.2) is 21.8 Å². The number of nitrogens with zero attached hydrogens (tertiary/aromatic N) is 1. The van der Waals surface area contributed by atoms with Gasteiger partial charge in [0.2, 0.25) is 11.5 Å². The first-order chi connectivity index (χ1) is 17.6. The summed E-state index contributed by atoms with van der Waals surface area (Å²) in [5.41, 5.74) is 2.80. The van der Waals surface area contributed by atoms with Gasteiger partial charge >= 0.3 is 0 Å². The number of amides is 1. The standard InChI is InChI=1S/C29H27N3O3S/c33-28-13-11-23-16-22(10-12-26(23)31-28)18-30-27(17-21-6-2-1-3-7-21)29(34)32(19-24-8-4-14-35-24)20-25-9-5-15-36-25/h1-16,27,30H,17-20H2,(H,31,33)/t27-/m1/s1. The highest BCUT2D eigenvalue weighted by Crippen LogP contribution is 2.18. The Hall–Kier alpha value is -3.94. The van der Waals surface area contributed by atoms with Crippen LogP contribution in [0.3, 0.4) is 0 Å². The molecule has 0 saturated carbocycles. The molecule has 0 aliphatic heterocycles. The Balaban J connectivity index is 1.39. The van der Waals surface area contributed by atoms with Gasteiger partial charge in [-0.3, -0.25) is 9.59 Å². The van der Waals surface area contributed by atoms with Crippen molar-refractivity contribution in [2.75, 3.05) is 0 Å². The number of nitrogens with one attached hydrogen (secondary N) is 2. The highest BCUT2D eigenvalue weighted by Gasteiger charge is 2.26. The number of carbonyl (C=O) groups excluding carboxylic acids is 1. The van der Waals surface area contributed by atoms with Crippen molar-refractivity contribution in [2.45, 2.75) is 32.1 Å². The number of H-pyrrole nitrogens is 1. The van der Waals surface area contributed by atoms with Crippen molar-refractivity contribution in [1.29, 1.82) is 0 Å². The van der Waals surface area contributed by atoms with Crippen molar-refractivity contribution >= 4 is 28.1 Å². The number of carbonyl (C=O) groups is 1. The van der Waals surface area contributed by atoms with Crippen LogP contribution in [0, 0.1) is 0 Å². The van der Waals surface area contributed by atoms with Crippen LogP contribution in [0.25, 0.3) is 10.9 Å². The molecular formula is C29H27N3O3S. The maximum Gasteiger partial charge on any atom is 0.248 e. The minimum atomic E-state index is -0.423. The van der Waals surface area contributed by atoms with E-state index in [1.807, 2.05) is 89.1 Å². The van der Waals surface area contributed by atoms with E-state index in [1.165, 1.54) is 6.07 Å². The summed E-state index contributed by atoms with van der Waals surface area (Å²) < 4.78 is 5.57. The highest BCUT2D eigenvalue weighted by atomic mass is 32.1. The lowest BCUT2D eigenvalue weighted by Crippen LogP contribution is -2.47. The Bertz CT molecular complexity index is 1420. The van der Waals surface area contributed by atoms with E-state index in [4.69, 9.17) is 4.42 Å². The van der Waals surface area contributed by atoms with Crippen LogP contribution in [0.1, 0.15) is 21.8 Å². The zero-order valence-corrected chi connectivity index (χ0v) is 20.5. The second-order valence-corrected chi connectivity index (χ2v) is 9.75. The Morgan fingerprint density at radius 3 is 2.61 bits per heavy atom. The number of rotatable bonds is 10. The molecule has 6 nitrogen and oxygen atoms in total. The molecule has 0 aliphatic carbocycles. The second kappa shape index (κ2) is 11.2. The smallest absolute Gasteiger partial charge is 0.248 e. The number of hydrogen-bond acceptors (Lipinski definition) is 5. The van der Waals surface area contributed by atoms with Crippen LogP contribution in [0.4, 0.5) is 0 Å². The van der Waals surface area contributed by atoms with Crippen molar-refractivity contribution in [3.05, 3.63) is 129 Å². The molecule has 0 spiro atoms. The van der Waals surface area contributed by atoms with Gasteiger partial charge in [-0.2, -0.15) is 0 Å². The third kappa shape index (κ3) is 6.00. The summed E-state index contributed by atoms with van der Waals surface area (Å²) in [6, 6.07) is 26.7. The van der Waals surface area contributed by atoms with Crippen LogP contribution >= 0.6 is 11.3 Å². The topological polar surface area (TPSA) is 78.3 Å². The van der Waals surface area contributed by atoms with Gasteiger partial charge in [0.1, 0.15) is 5.76 Å². The molecule has 7 heteroatoms. The summed E-state index contributed by atoms with van der Waals surface area (Å²) in [6.07, 6.45) is 2.20. The fourth-order valence-electron chi connectivity index (χ4n) is 4.26. The molecule has 0 saturated heterocycles. The number of pyridine rings is 1. The molecule has 0 bridgehead atoms. The molecule has 36 heavy (non-hydrogen) atoms. The molecule has 1 atom stereocenters. The third-order valence-corrected chi connectivity index (χ3v) is 6.95. The SMILES string of the molecule is O=C([C@@H](Cc1ccccc1)NCc1ccc2[nH]c(=O)ccc2c1)N(Cc1ccco1)Cc1cccs1. The fraction of sp³-hybridized carbons (Fsp3) is 0.172. The number of thiophene rings is 1. The summed E-state index contributed by atoms with van der Waals surface area (Å²) >= 11 is 1.64. The van der Waals surface area contributed by atoms with Crippen LogP contribution in [0.5, 0.6) is 0 Å². The highest BCUT2D eigenvalue weighted by molar-refractivity contribution is 7.09. The Morgan fingerprint density at radius 2 is 1.83 bits per heavy atom. The molecule has 3 heterocycles. The minimum Gasteiger partial charge on any atom is -0.467 e. The van der Waals surface area contributed by atoms with Gasteiger partial charge in [-0.15, -0.1) is 11.3 Å². The summed E-state index contributed by atoms with van der Waals surface area (Å²) in [7, 11) is 0. The number of hydrogen-bond donors (Lipinski definition) is 2. The zero-order chi connectivity index (χ0) is 24.7. The van der Waals surface area contributed by atoms with Gasteiger partial charge in [-0.1, -0.05) is 42.5 Å². The minimum absolute atomic E-state index is 0.0220. The molecule has 0 fully saturated rings. The quantitative estimate of drug-likeness (QED) is 0.281. The Morgan fingerprint density at radius 1 is 0.944 bits per heavy atom. The molecule has 5 rings (SSSR count). The van der Waals surface area contributed by atoms with Gasteiger partial charge in [0.15, 0.2) is 0 Å². The van der Waals surface area contributed by atoms with Crippen LogP contribution in [0.2, 0.25) is 0 Å². The van der Waals surface area contributed by atoms with Crippen molar-refractivity contribution in [3.8, 4) is 0 Å². The molecular weight excluding hydrogens is 470 g/mol. The molecule has 0 aliphatic rings. The summed E-state index contributed by atoms with van der Waals surface area (Å²) in [5, 5.41) is 6.49. The van der Waals surface area contributed by atoms with E-state index in [-0.39, 0.29) is 11.5 Å². The van der Waals surface area contributed by atoms with Gasteiger partial charge in [0.25, 0.3) is 0 Å². The normalized spacial score (nSPS) is 12.0. The molecule has 1 amide bonds. The van der Waals surface area contributed by atoms with E-state index in [0.717, 1.165) is 32.7 Å². The molecule has 2 N–H and O–H groups in total. The molecule has 0 unspecified atom stereocenters. The lowest BCUT2D eigenvalue weighted by Gasteiger charge is -2.27. The average Bonchev–Trinajstić information content (AvgIpc) is 3.61. The van der Waals surface area contributed by atoms with Crippen LogP contribution < -0.4 is 10.9 Å². The lowest BCUT2D eigenvalue weighted by atomic mass is 10.0. The van der Waals surface area contributed by atoms with Crippen molar-refractivity contribution in [1.82, 2.24) is 15.2 Å². The van der Waals surface area contributed by atoms with Crippen molar-refractivity contribution in [3.63, 3.8) is 0 Å². The average molecular weight is 498 g/mol. The van der Waals surface area contributed by atoms with E-state index >= 15 is 0 Å². The van der Waals surface area contributed by atoms with Gasteiger partial charge in [-0.25, -0.2) is 0 Å². The van der Waals surface area contributed by atoms with Crippen LogP contribution in [0.15, 0.2) is 106 Å². The summed E-state index contributed by atoms with van der Waals surface area (Å²) in [4.78, 5) is 31.4. The third-order valence-electron chi connectivity index (χ3n) is 6.09. The monoisotopic (exact) mass is 497 g/mol. The first-order valence-electron chi connectivity index (χ1n) is 11.9. The largest absolute Gasteiger partial charge is 0.467 e. The number of aromatic nitrogens is 1. The van der Waals surface area contributed by atoms with Gasteiger partial charge in [0.05, 0.1) is 25.4 Å². The van der Waals surface area contributed by atoms with E-state index in [2.05, 4.69) is 10.3 Å². The molecule has 2 aromatic carbocycles. The predicted molar refractivity (Wildman–Crippen MR) is 143 cm³/mol. The maximum atomic E-state index is 14.0. The van der Waals surface area contributed by atoms with Gasteiger partial charge < -0.3 is 19.6 Å². The number of benzene rings is 2. The fourth-order valence-corrected chi connectivity index (χ4v) is 4.98. The van der Waals surface area contributed by atoms with E-state index in [1.54, 1.807) is 17.6 Å². The first kappa shape index (κ1) is 23.8. The van der Waals surface area contributed by atoms with Gasteiger partial charge in [-0.05, 0) is 64.7 Å². The van der Waals surface area contributed by atoms with Crippen molar-refractivity contribution < 1.29 is 9.21 Å². The predicted octanol–water partition coefficient (Wildman–Crippen LogP) is 5.11. The van der Waals surface area contributed by atoms with Crippen LogP contribution in [-0.2, 0) is 30.8 Å². The van der Waals surface area contributed by atoms with Gasteiger partial charge in [0, 0.05) is 23.0 Å². The molecule has 182 valence electrons. The van der Waals surface area contributed by atoms with E-state index in [0.29, 0.717) is 26.1 Å². The van der Waals surface area contributed by atoms with E-state index < -0.39 is 6.04 Å². The summed E-state index contributed by atoms with van der Waals surface area (Å²) in [6.45, 7) is 1.44. The molecule has 0 radical (unpaired) electrons. The number of furan rings is 1. The molecule has 5 aromatic rings. The summed E-state index contributed by atoms with van der Waals surface area (Å²) in [5.74, 6) is 0.774.